The lowest BCUT2D eigenvalue weighted by Crippen LogP contribution is -2.45. The van der Waals surface area contributed by atoms with E-state index in [1.807, 2.05) is 13.8 Å². The topological polar surface area (TPSA) is 77.2 Å². The summed E-state index contributed by atoms with van der Waals surface area (Å²) in [6.07, 6.45) is -1.80. The van der Waals surface area contributed by atoms with E-state index in [1.54, 1.807) is 6.07 Å². The van der Waals surface area contributed by atoms with Crippen LogP contribution < -0.4 is 15.8 Å². The summed E-state index contributed by atoms with van der Waals surface area (Å²) >= 11 is 0. The molecule has 2 aromatic rings. The van der Waals surface area contributed by atoms with Gasteiger partial charge in [-0.15, -0.1) is 0 Å². The van der Waals surface area contributed by atoms with Crippen LogP contribution in [0.3, 0.4) is 0 Å². The number of nitrogens with zero attached hydrogens (tertiary/aromatic N) is 1. The van der Waals surface area contributed by atoms with Crippen LogP contribution in [-0.4, -0.2) is 17.4 Å². The predicted molar refractivity (Wildman–Crippen MR) is 99.7 cm³/mol. The fourth-order valence-electron chi connectivity index (χ4n) is 2.80. The van der Waals surface area contributed by atoms with Crippen LogP contribution in [0, 0.1) is 5.41 Å². The maximum absolute atomic E-state index is 13.0. The predicted octanol–water partition coefficient (Wildman–Crippen LogP) is 4.27. The van der Waals surface area contributed by atoms with Crippen LogP contribution in [0.1, 0.15) is 37.8 Å². The van der Waals surface area contributed by atoms with Crippen molar-refractivity contribution in [3.63, 3.8) is 0 Å². The SMILES string of the molecule is CCC(CC)(CN)C(=O)NCc1ccc(Oc2ccccc2C(F)(F)F)nc1. The number of carbonyl (C=O) groups is 1. The maximum atomic E-state index is 13.0. The molecule has 0 bridgehead atoms. The minimum absolute atomic E-state index is 0.0326. The number of nitrogens with one attached hydrogen (secondary N) is 1. The van der Waals surface area contributed by atoms with Crippen LogP contribution in [0.15, 0.2) is 42.6 Å². The van der Waals surface area contributed by atoms with Crippen LogP contribution in [0.2, 0.25) is 0 Å². The number of aromatic nitrogens is 1. The van der Waals surface area contributed by atoms with Gasteiger partial charge in [0.25, 0.3) is 0 Å². The number of carbonyl (C=O) groups excluding carboxylic acids is 1. The molecule has 0 aliphatic heterocycles. The number of hydrogen-bond donors (Lipinski definition) is 2. The molecule has 1 amide bonds. The second kappa shape index (κ2) is 9.05. The number of halogens is 3. The fraction of sp³-hybridized carbons (Fsp3) is 0.400. The number of amides is 1. The molecule has 0 saturated carbocycles. The summed E-state index contributed by atoms with van der Waals surface area (Å²) in [5.41, 5.74) is 4.99. The van der Waals surface area contributed by atoms with E-state index in [0.717, 1.165) is 6.07 Å². The monoisotopic (exact) mass is 395 g/mol. The average Bonchev–Trinajstić information content (AvgIpc) is 2.69. The molecule has 0 fully saturated rings. The van der Waals surface area contributed by atoms with Gasteiger partial charge in [0.2, 0.25) is 11.8 Å². The van der Waals surface area contributed by atoms with Crippen LogP contribution >= 0.6 is 0 Å². The van der Waals surface area contributed by atoms with Crippen molar-refractivity contribution in [3.05, 3.63) is 53.7 Å². The molecule has 1 heterocycles. The van der Waals surface area contributed by atoms with E-state index in [1.165, 1.54) is 30.5 Å². The van der Waals surface area contributed by atoms with E-state index in [4.69, 9.17) is 10.5 Å². The first-order valence-corrected chi connectivity index (χ1v) is 9.03. The highest BCUT2D eigenvalue weighted by Crippen LogP contribution is 2.37. The number of pyridine rings is 1. The Balaban J connectivity index is 2.04. The summed E-state index contributed by atoms with van der Waals surface area (Å²) in [5, 5.41) is 2.84. The van der Waals surface area contributed by atoms with Crippen molar-refractivity contribution < 1.29 is 22.7 Å². The van der Waals surface area contributed by atoms with Gasteiger partial charge in [-0.1, -0.05) is 32.0 Å². The number of rotatable bonds is 8. The van der Waals surface area contributed by atoms with Crippen LogP contribution in [0.25, 0.3) is 0 Å². The lowest BCUT2D eigenvalue weighted by molar-refractivity contribution is -0.138. The second-order valence-corrected chi connectivity index (χ2v) is 6.47. The van der Waals surface area contributed by atoms with Gasteiger partial charge in [-0.25, -0.2) is 4.98 Å². The first-order valence-electron chi connectivity index (χ1n) is 9.03. The van der Waals surface area contributed by atoms with Crippen LogP contribution in [-0.2, 0) is 17.5 Å². The molecule has 0 radical (unpaired) electrons. The Bertz CT molecular complexity index is 780. The molecule has 1 aromatic heterocycles. The van der Waals surface area contributed by atoms with E-state index in [0.29, 0.717) is 18.4 Å². The van der Waals surface area contributed by atoms with Crippen LogP contribution in [0.4, 0.5) is 13.2 Å². The Labute approximate surface area is 162 Å². The summed E-state index contributed by atoms with van der Waals surface area (Å²) < 4.78 is 44.4. The first kappa shape index (κ1) is 21.7. The quantitative estimate of drug-likeness (QED) is 0.700. The standard InChI is InChI=1S/C20H24F3N3O2/c1-3-19(4-2,13-24)18(27)26-12-14-9-10-17(25-11-14)28-16-8-6-5-7-15(16)20(21,22)23/h5-11H,3-4,12-13,24H2,1-2H3,(H,26,27). The molecule has 0 unspecified atom stereocenters. The molecular weight excluding hydrogens is 371 g/mol. The molecule has 0 aliphatic carbocycles. The number of para-hydroxylation sites is 1. The molecule has 152 valence electrons. The van der Waals surface area contributed by atoms with Gasteiger partial charge in [-0.05, 0) is 30.5 Å². The zero-order valence-corrected chi connectivity index (χ0v) is 15.8. The number of nitrogens with two attached hydrogens (primary N) is 1. The molecule has 0 saturated heterocycles. The molecule has 28 heavy (non-hydrogen) atoms. The Kier molecular flexibility index (Phi) is 7.01. The van der Waals surface area contributed by atoms with E-state index in [9.17, 15) is 18.0 Å². The summed E-state index contributed by atoms with van der Waals surface area (Å²) in [4.78, 5) is 16.5. The van der Waals surface area contributed by atoms with Crippen molar-refractivity contribution in [2.75, 3.05) is 6.54 Å². The summed E-state index contributed by atoms with van der Waals surface area (Å²) in [6, 6.07) is 8.04. The Morgan fingerprint density at radius 1 is 1.14 bits per heavy atom. The van der Waals surface area contributed by atoms with Gasteiger partial charge in [-0.2, -0.15) is 13.2 Å². The van der Waals surface area contributed by atoms with Crippen molar-refractivity contribution in [3.8, 4) is 11.6 Å². The zero-order valence-electron chi connectivity index (χ0n) is 15.8. The molecule has 8 heteroatoms. The van der Waals surface area contributed by atoms with Gasteiger partial charge in [0, 0.05) is 25.4 Å². The third-order valence-electron chi connectivity index (χ3n) is 4.88. The summed E-state index contributed by atoms with van der Waals surface area (Å²) in [5.74, 6) is -0.410. The second-order valence-electron chi connectivity index (χ2n) is 6.47. The van der Waals surface area contributed by atoms with Crippen LogP contribution in [0.5, 0.6) is 11.6 Å². The fourth-order valence-corrected chi connectivity index (χ4v) is 2.80. The zero-order chi connectivity index (χ0) is 20.8. The lowest BCUT2D eigenvalue weighted by atomic mass is 9.81. The average molecular weight is 395 g/mol. The highest BCUT2D eigenvalue weighted by atomic mass is 19.4. The molecule has 0 spiro atoms. The third kappa shape index (κ3) is 5.01. The number of alkyl halides is 3. The molecule has 0 aliphatic rings. The smallest absolute Gasteiger partial charge is 0.419 e. The lowest BCUT2D eigenvalue weighted by Gasteiger charge is -2.28. The largest absolute Gasteiger partial charge is 0.438 e. The number of benzene rings is 1. The Hall–Kier alpha value is -2.61. The summed E-state index contributed by atoms with van der Waals surface area (Å²) in [7, 11) is 0. The van der Waals surface area contributed by atoms with E-state index in [-0.39, 0.29) is 30.6 Å². The highest BCUT2D eigenvalue weighted by molar-refractivity contribution is 5.82. The number of hydrogen-bond acceptors (Lipinski definition) is 4. The minimum Gasteiger partial charge on any atom is -0.438 e. The maximum Gasteiger partial charge on any atom is 0.419 e. The van der Waals surface area contributed by atoms with Crippen molar-refractivity contribution in [1.82, 2.24) is 10.3 Å². The van der Waals surface area contributed by atoms with E-state index < -0.39 is 17.2 Å². The molecule has 2 rings (SSSR count). The van der Waals surface area contributed by atoms with Gasteiger partial charge in [0.1, 0.15) is 5.75 Å². The molecule has 3 N–H and O–H groups in total. The Morgan fingerprint density at radius 3 is 2.36 bits per heavy atom. The van der Waals surface area contributed by atoms with Gasteiger partial charge in [0.15, 0.2) is 0 Å². The highest BCUT2D eigenvalue weighted by Gasteiger charge is 2.34. The Morgan fingerprint density at radius 2 is 1.82 bits per heavy atom. The van der Waals surface area contributed by atoms with E-state index >= 15 is 0 Å². The van der Waals surface area contributed by atoms with Crippen molar-refractivity contribution in [2.45, 2.75) is 39.4 Å². The minimum atomic E-state index is -4.52. The molecule has 0 atom stereocenters. The van der Waals surface area contributed by atoms with Crippen molar-refractivity contribution >= 4 is 5.91 Å². The first-order chi connectivity index (χ1) is 13.3. The molecule has 5 nitrogen and oxygen atoms in total. The summed E-state index contributed by atoms with van der Waals surface area (Å²) in [6.45, 7) is 4.34. The number of ether oxygens (including phenoxy) is 1. The normalized spacial score (nSPS) is 11.9. The van der Waals surface area contributed by atoms with Gasteiger partial charge in [0.05, 0.1) is 11.0 Å². The van der Waals surface area contributed by atoms with E-state index in [2.05, 4.69) is 10.3 Å². The third-order valence-corrected chi connectivity index (χ3v) is 4.88. The van der Waals surface area contributed by atoms with Crippen molar-refractivity contribution in [2.24, 2.45) is 11.1 Å². The van der Waals surface area contributed by atoms with Gasteiger partial charge >= 0.3 is 6.18 Å². The molecule has 1 aromatic carbocycles. The van der Waals surface area contributed by atoms with Crippen molar-refractivity contribution in [1.29, 1.82) is 0 Å². The molecular formula is C20H24F3N3O2. The van der Waals surface area contributed by atoms with Gasteiger partial charge < -0.3 is 15.8 Å². The van der Waals surface area contributed by atoms with Gasteiger partial charge in [-0.3, -0.25) is 4.79 Å².